The molecule has 1 N–H and O–H groups in total. The summed E-state index contributed by atoms with van der Waals surface area (Å²) in [6.07, 6.45) is 0.986. The Hall–Kier alpha value is -2.28. The second kappa shape index (κ2) is 5.56. The van der Waals surface area contributed by atoms with Crippen LogP contribution in [0.5, 0.6) is 0 Å². The summed E-state index contributed by atoms with van der Waals surface area (Å²) in [6.45, 7) is 1.93. The van der Waals surface area contributed by atoms with E-state index in [-0.39, 0.29) is 12.4 Å². The highest BCUT2D eigenvalue weighted by Crippen LogP contribution is 2.12. The monoisotopic (exact) mass is 217 g/mol. The molecule has 0 aliphatic carbocycles. The van der Waals surface area contributed by atoms with Crippen LogP contribution in [0.25, 0.3) is 5.76 Å². The number of aliphatic hydroxyl groups excluding tert-OH is 1. The number of aliphatic hydroxyl groups is 1. The molecular formula is C12H11NO3. The van der Waals surface area contributed by atoms with Gasteiger partial charge in [-0.15, -0.1) is 0 Å². The minimum Gasteiger partial charge on any atom is -0.507 e. The lowest BCUT2D eigenvalue weighted by Crippen LogP contribution is -2.00. The Kier molecular flexibility index (Phi) is 4.10. The maximum Gasteiger partial charge on any atom is 0.334 e. The van der Waals surface area contributed by atoms with Crippen LogP contribution in [0.2, 0.25) is 0 Å². The zero-order valence-electron chi connectivity index (χ0n) is 8.80. The molecule has 1 aromatic carbocycles. The van der Waals surface area contributed by atoms with Crippen molar-refractivity contribution in [2.75, 3.05) is 6.61 Å². The van der Waals surface area contributed by atoms with Crippen LogP contribution in [0.1, 0.15) is 18.1 Å². The summed E-state index contributed by atoms with van der Waals surface area (Å²) >= 11 is 0. The number of benzene rings is 1. The van der Waals surface area contributed by atoms with E-state index in [0.29, 0.717) is 11.1 Å². The van der Waals surface area contributed by atoms with Gasteiger partial charge in [-0.2, -0.15) is 5.26 Å². The molecule has 0 aromatic heterocycles. The number of carbonyl (C=O) groups is 1. The number of rotatable bonds is 3. The van der Waals surface area contributed by atoms with Gasteiger partial charge in [0.05, 0.1) is 24.3 Å². The minimum absolute atomic E-state index is 0.212. The summed E-state index contributed by atoms with van der Waals surface area (Å²) in [7, 11) is 0. The predicted octanol–water partition coefficient (Wildman–Crippen LogP) is 2.02. The first kappa shape index (κ1) is 11.8. The highest BCUT2D eigenvalue weighted by Gasteiger charge is 2.04. The fraction of sp³-hybridized carbons (Fsp3) is 0.167. The van der Waals surface area contributed by atoms with E-state index in [1.54, 1.807) is 25.1 Å². The SMILES string of the molecule is CCOC(=O)C=C(O)c1cccc(C#N)c1. The predicted molar refractivity (Wildman–Crippen MR) is 58.4 cm³/mol. The van der Waals surface area contributed by atoms with Gasteiger partial charge in [0.1, 0.15) is 5.76 Å². The van der Waals surface area contributed by atoms with Crippen LogP contribution >= 0.6 is 0 Å². The molecule has 16 heavy (non-hydrogen) atoms. The van der Waals surface area contributed by atoms with Crippen LogP contribution in [0.3, 0.4) is 0 Å². The smallest absolute Gasteiger partial charge is 0.334 e. The number of ether oxygens (including phenoxy) is 1. The Balaban J connectivity index is 2.92. The number of carbonyl (C=O) groups excluding carboxylic acids is 1. The van der Waals surface area contributed by atoms with Crippen LogP contribution in [-0.2, 0) is 9.53 Å². The zero-order chi connectivity index (χ0) is 12.0. The van der Waals surface area contributed by atoms with Crippen molar-refractivity contribution in [2.24, 2.45) is 0 Å². The van der Waals surface area contributed by atoms with Crippen molar-refractivity contribution in [3.63, 3.8) is 0 Å². The third-order valence-electron chi connectivity index (χ3n) is 1.83. The number of hydrogen-bond donors (Lipinski definition) is 1. The molecule has 0 fully saturated rings. The summed E-state index contributed by atoms with van der Waals surface area (Å²) < 4.78 is 4.65. The molecule has 0 spiro atoms. The molecule has 0 saturated carbocycles. The molecule has 1 rings (SSSR count). The summed E-state index contributed by atoms with van der Waals surface area (Å²) in [5.74, 6) is -0.821. The molecule has 0 unspecified atom stereocenters. The average Bonchev–Trinajstić information content (AvgIpc) is 2.29. The second-order valence-corrected chi connectivity index (χ2v) is 2.97. The Morgan fingerprint density at radius 1 is 1.62 bits per heavy atom. The van der Waals surface area contributed by atoms with E-state index >= 15 is 0 Å². The van der Waals surface area contributed by atoms with Gasteiger partial charge in [-0.25, -0.2) is 4.79 Å². The summed E-state index contributed by atoms with van der Waals surface area (Å²) in [6, 6.07) is 8.28. The van der Waals surface area contributed by atoms with Crippen LogP contribution in [0.4, 0.5) is 0 Å². The maximum atomic E-state index is 11.1. The van der Waals surface area contributed by atoms with Crippen molar-refractivity contribution in [2.45, 2.75) is 6.92 Å². The van der Waals surface area contributed by atoms with Crippen molar-refractivity contribution in [1.29, 1.82) is 5.26 Å². The molecule has 0 amide bonds. The minimum atomic E-state index is -0.609. The molecule has 0 saturated heterocycles. The summed E-state index contributed by atoms with van der Waals surface area (Å²) in [4.78, 5) is 11.1. The highest BCUT2D eigenvalue weighted by atomic mass is 16.5. The molecule has 0 atom stereocenters. The number of nitrogens with zero attached hydrogens (tertiary/aromatic N) is 1. The van der Waals surface area contributed by atoms with E-state index in [0.717, 1.165) is 6.08 Å². The molecule has 0 aliphatic heterocycles. The number of nitriles is 1. The van der Waals surface area contributed by atoms with Gasteiger partial charge < -0.3 is 9.84 Å². The van der Waals surface area contributed by atoms with E-state index in [1.807, 2.05) is 6.07 Å². The van der Waals surface area contributed by atoms with Gasteiger partial charge in [-0.1, -0.05) is 12.1 Å². The standard InChI is InChI=1S/C12H11NO3/c1-2-16-12(15)7-11(14)10-5-3-4-9(6-10)8-13/h3-7,14H,2H2,1H3. The fourth-order valence-corrected chi connectivity index (χ4v) is 1.13. The van der Waals surface area contributed by atoms with Crippen LogP contribution in [0.15, 0.2) is 30.3 Å². The molecular weight excluding hydrogens is 206 g/mol. The third kappa shape index (κ3) is 3.14. The van der Waals surface area contributed by atoms with Gasteiger partial charge in [-0.05, 0) is 19.1 Å². The summed E-state index contributed by atoms with van der Waals surface area (Å²) in [5.41, 5.74) is 0.827. The van der Waals surface area contributed by atoms with E-state index in [1.165, 1.54) is 6.07 Å². The van der Waals surface area contributed by atoms with E-state index in [9.17, 15) is 9.90 Å². The lowest BCUT2D eigenvalue weighted by molar-refractivity contribution is -0.137. The molecule has 0 aliphatic rings. The van der Waals surface area contributed by atoms with Crippen molar-refractivity contribution < 1.29 is 14.6 Å². The van der Waals surface area contributed by atoms with Gasteiger partial charge in [0.2, 0.25) is 0 Å². The first-order valence-corrected chi connectivity index (χ1v) is 4.75. The molecule has 0 bridgehead atoms. The van der Waals surface area contributed by atoms with E-state index in [2.05, 4.69) is 4.74 Å². The van der Waals surface area contributed by atoms with Gasteiger partial charge >= 0.3 is 5.97 Å². The Morgan fingerprint density at radius 2 is 2.38 bits per heavy atom. The Labute approximate surface area is 93.4 Å². The number of hydrogen-bond acceptors (Lipinski definition) is 4. The second-order valence-electron chi connectivity index (χ2n) is 2.97. The molecule has 82 valence electrons. The number of esters is 1. The lowest BCUT2D eigenvalue weighted by Gasteiger charge is -2.01. The quantitative estimate of drug-likeness (QED) is 0.477. The van der Waals surface area contributed by atoms with Crippen molar-refractivity contribution >= 4 is 11.7 Å². The first-order chi connectivity index (χ1) is 7.67. The van der Waals surface area contributed by atoms with Crippen molar-refractivity contribution in [1.82, 2.24) is 0 Å². The van der Waals surface area contributed by atoms with Crippen LogP contribution in [-0.4, -0.2) is 17.7 Å². The lowest BCUT2D eigenvalue weighted by atomic mass is 10.1. The maximum absolute atomic E-state index is 11.1. The van der Waals surface area contributed by atoms with Gasteiger partial charge in [0, 0.05) is 5.56 Å². The molecule has 4 nitrogen and oxygen atoms in total. The van der Waals surface area contributed by atoms with Crippen molar-refractivity contribution in [3.8, 4) is 6.07 Å². The van der Waals surface area contributed by atoms with E-state index in [4.69, 9.17) is 5.26 Å². The fourth-order valence-electron chi connectivity index (χ4n) is 1.13. The Bertz CT molecular complexity index is 458. The summed E-state index contributed by atoms with van der Waals surface area (Å²) in [5, 5.41) is 18.3. The van der Waals surface area contributed by atoms with Gasteiger partial charge in [0.15, 0.2) is 0 Å². The normalized spacial score (nSPS) is 10.6. The molecule has 0 heterocycles. The van der Waals surface area contributed by atoms with Crippen LogP contribution < -0.4 is 0 Å². The largest absolute Gasteiger partial charge is 0.507 e. The molecule has 4 heteroatoms. The zero-order valence-corrected chi connectivity index (χ0v) is 8.80. The van der Waals surface area contributed by atoms with Crippen LogP contribution in [0, 0.1) is 11.3 Å². The highest BCUT2D eigenvalue weighted by molar-refractivity contribution is 5.89. The van der Waals surface area contributed by atoms with Gasteiger partial charge in [0.25, 0.3) is 0 Å². The van der Waals surface area contributed by atoms with Gasteiger partial charge in [-0.3, -0.25) is 0 Å². The first-order valence-electron chi connectivity index (χ1n) is 4.75. The molecule has 1 aromatic rings. The van der Waals surface area contributed by atoms with Crippen molar-refractivity contribution in [3.05, 3.63) is 41.5 Å². The molecule has 0 radical (unpaired) electrons. The topological polar surface area (TPSA) is 70.3 Å². The average molecular weight is 217 g/mol. The van der Waals surface area contributed by atoms with E-state index < -0.39 is 5.97 Å². The third-order valence-corrected chi connectivity index (χ3v) is 1.83. The Morgan fingerprint density at radius 3 is 3.00 bits per heavy atom.